The number of carbonyl (C=O) groups excluding carboxylic acids is 1. The van der Waals surface area contributed by atoms with Gasteiger partial charge in [0.15, 0.2) is 5.69 Å². The topological polar surface area (TPSA) is 85.8 Å². The minimum absolute atomic E-state index is 0.0498. The Hall–Kier alpha value is -2.18. The molecule has 7 nitrogen and oxygen atoms in total. The number of amides is 1. The van der Waals surface area contributed by atoms with E-state index in [1.165, 1.54) is 0 Å². The maximum atomic E-state index is 12.0. The third kappa shape index (κ3) is 3.40. The molecule has 1 N–H and O–H groups in total. The Morgan fingerprint density at radius 3 is 2.84 bits per heavy atom. The van der Waals surface area contributed by atoms with Gasteiger partial charge in [-0.15, -0.1) is 5.10 Å². The molecule has 1 amide bonds. The minimum Gasteiger partial charge on any atom is -0.361 e. The first kappa shape index (κ1) is 13.3. The van der Waals surface area contributed by atoms with Crippen molar-refractivity contribution in [3.63, 3.8) is 0 Å². The molecule has 0 unspecified atom stereocenters. The predicted molar refractivity (Wildman–Crippen MR) is 67.4 cm³/mol. The van der Waals surface area contributed by atoms with Gasteiger partial charge in [-0.1, -0.05) is 24.2 Å². The Kier molecular flexibility index (Phi) is 3.94. The summed E-state index contributed by atoms with van der Waals surface area (Å²) in [7, 11) is 0. The fraction of sp³-hybridized carbons (Fsp3) is 0.500. The van der Waals surface area contributed by atoms with Gasteiger partial charge in [0, 0.05) is 12.3 Å². The van der Waals surface area contributed by atoms with E-state index in [2.05, 4.69) is 20.8 Å². The van der Waals surface area contributed by atoms with E-state index >= 15 is 0 Å². The average Bonchev–Trinajstić information content (AvgIpc) is 2.99. The van der Waals surface area contributed by atoms with Crippen molar-refractivity contribution in [1.29, 1.82) is 0 Å². The van der Waals surface area contributed by atoms with Crippen LogP contribution in [0.3, 0.4) is 0 Å². The molecule has 0 aliphatic carbocycles. The molecule has 0 aliphatic rings. The summed E-state index contributed by atoms with van der Waals surface area (Å²) < 4.78 is 6.59. The van der Waals surface area contributed by atoms with Crippen LogP contribution in [0.2, 0.25) is 0 Å². The zero-order chi connectivity index (χ0) is 13.8. The van der Waals surface area contributed by atoms with Gasteiger partial charge < -0.3 is 9.84 Å². The van der Waals surface area contributed by atoms with Crippen molar-refractivity contribution in [2.75, 3.05) is 0 Å². The number of hydrogen-bond donors (Lipinski definition) is 1. The van der Waals surface area contributed by atoms with Crippen LogP contribution in [0.4, 0.5) is 0 Å². The van der Waals surface area contributed by atoms with E-state index in [1.54, 1.807) is 30.1 Å². The summed E-state index contributed by atoms with van der Waals surface area (Å²) in [5.74, 6) is 0.638. The number of carbonyl (C=O) groups is 1. The van der Waals surface area contributed by atoms with Crippen molar-refractivity contribution in [1.82, 2.24) is 25.5 Å². The van der Waals surface area contributed by atoms with Crippen LogP contribution in [0, 0.1) is 12.8 Å². The van der Waals surface area contributed by atoms with Crippen molar-refractivity contribution in [2.45, 2.75) is 33.4 Å². The molecule has 0 spiro atoms. The summed E-state index contributed by atoms with van der Waals surface area (Å²) in [6, 6.07) is 1.56. The van der Waals surface area contributed by atoms with Crippen molar-refractivity contribution < 1.29 is 9.32 Å². The normalized spacial score (nSPS) is 12.6. The van der Waals surface area contributed by atoms with Crippen LogP contribution in [0.5, 0.6) is 0 Å². The summed E-state index contributed by atoms with van der Waals surface area (Å²) >= 11 is 0. The molecule has 19 heavy (non-hydrogen) atoms. The van der Waals surface area contributed by atoms with Gasteiger partial charge in [0.2, 0.25) is 0 Å². The summed E-state index contributed by atoms with van der Waals surface area (Å²) in [5, 5.41) is 14.3. The first-order valence-corrected chi connectivity index (χ1v) is 6.14. The second kappa shape index (κ2) is 5.64. The molecular formula is C12H17N5O2. The molecule has 0 aliphatic heterocycles. The lowest BCUT2D eigenvalue weighted by Gasteiger charge is -2.21. The first-order chi connectivity index (χ1) is 9.06. The third-order valence-electron chi connectivity index (χ3n) is 2.84. The van der Waals surface area contributed by atoms with Crippen molar-refractivity contribution >= 4 is 5.91 Å². The monoisotopic (exact) mass is 263 g/mol. The van der Waals surface area contributed by atoms with E-state index < -0.39 is 0 Å². The minimum atomic E-state index is -0.240. The van der Waals surface area contributed by atoms with E-state index in [0.717, 1.165) is 0 Å². The highest BCUT2D eigenvalue weighted by Gasteiger charge is 2.20. The molecule has 2 heterocycles. The van der Waals surface area contributed by atoms with E-state index in [-0.39, 0.29) is 17.9 Å². The summed E-state index contributed by atoms with van der Waals surface area (Å²) in [5.41, 5.74) is 0.293. The number of nitrogens with one attached hydrogen (secondary N) is 1. The van der Waals surface area contributed by atoms with Gasteiger partial charge in [-0.25, -0.2) is 0 Å². The van der Waals surface area contributed by atoms with Crippen LogP contribution >= 0.6 is 0 Å². The fourth-order valence-corrected chi connectivity index (χ4v) is 1.67. The van der Waals surface area contributed by atoms with Crippen LogP contribution in [0.25, 0.3) is 0 Å². The average molecular weight is 263 g/mol. The summed E-state index contributed by atoms with van der Waals surface area (Å²) in [6.07, 6.45) is 3.38. The van der Waals surface area contributed by atoms with Gasteiger partial charge in [0.1, 0.15) is 5.76 Å². The van der Waals surface area contributed by atoms with Crippen molar-refractivity contribution in [3.05, 3.63) is 29.9 Å². The van der Waals surface area contributed by atoms with Gasteiger partial charge in [-0.05, 0) is 12.8 Å². The molecule has 0 radical (unpaired) electrons. The Labute approximate surface area is 111 Å². The number of rotatable bonds is 5. The summed E-state index contributed by atoms with van der Waals surface area (Å²) in [6.45, 7) is 6.39. The van der Waals surface area contributed by atoms with Crippen LogP contribution < -0.4 is 5.32 Å². The zero-order valence-electron chi connectivity index (χ0n) is 11.2. The number of hydrogen-bond acceptors (Lipinski definition) is 5. The predicted octanol–water partition coefficient (Wildman–Crippen LogP) is 1.03. The molecule has 0 bridgehead atoms. The lowest BCUT2D eigenvalue weighted by Crippen LogP contribution is -2.41. The Bertz CT molecular complexity index is 532. The molecule has 1 atom stereocenters. The van der Waals surface area contributed by atoms with Gasteiger partial charge in [-0.2, -0.15) is 0 Å². The Morgan fingerprint density at radius 2 is 2.32 bits per heavy atom. The van der Waals surface area contributed by atoms with Crippen LogP contribution in [-0.4, -0.2) is 32.1 Å². The number of nitrogens with zero attached hydrogens (tertiary/aromatic N) is 4. The molecule has 0 fully saturated rings. The molecule has 2 rings (SSSR count). The van der Waals surface area contributed by atoms with E-state index in [0.29, 0.717) is 18.0 Å². The largest absolute Gasteiger partial charge is 0.361 e. The molecule has 0 aromatic carbocycles. The lowest BCUT2D eigenvalue weighted by molar-refractivity contribution is 0.0910. The highest BCUT2D eigenvalue weighted by molar-refractivity contribution is 5.92. The second-order valence-electron chi connectivity index (χ2n) is 4.77. The van der Waals surface area contributed by atoms with Crippen LogP contribution in [0.15, 0.2) is 23.0 Å². The smallest absolute Gasteiger partial charge is 0.273 e. The maximum absolute atomic E-state index is 12.0. The maximum Gasteiger partial charge on any atom is 0.273 e. The molecule has 0 saturated heterocycles. The highest BCUT2D eigenvalue weighted by Crippen LogP contribution is 2.07. The Morgan fingerprint density at radius 1 is 1.53 bits per heavy atom. The molecule has 102 valence electrons. The van der Waals surface area contributed by atoms with Gasteiger partial charge in [0.25, 0.3) is 5.91 Å². The van der Waals surface area contributed by atoms with Crippen molar-refractivity contribution in [2.24, 2.45) is 5.92 Å². The van der Waals surface area contributed by atoms with Gasteiger partial charge in [0.05, 0.1) is 18.8 Å². The zero-order valence-corrected chi connectivity index (χ0v) is 11.2. The molecule has 0 saturated carbocycles. The van der Waals surface area contributed by atoms with Crippen LogP contribution in [0.1, 0.15) is 30.1 Å². The van der Waals surface area contributed by atoms with E-state index in [4.69, 9.17) is 4.52 Å². The Balaban J connectivity index is 2.02. The molecular weight excluding hydrogens is 246 g/mol. The molecule has 2 aromatic rings. The SMILES string of the molecule is Cc1cc(C(=O)N[C@@H](Cn2ccnn2)C(C)C)no1. The standard InChI is InChI=1S/C12H17N5O2/c1-8(2)11(7-17-5-4-13-16-17)14-12(18)10-6-9(3)19-15-10/h4-6,8,11H,7H2,1-3H3,(H,14,18)/t11-/m0/s1. The molecule has 2 aromatic heterocycles. The fourth-order valence-electron chi connectivity index (χ4n) is 1.67. The molecule has 7 heteroatoms. The number of aryl methyl sites for hydroxylation is 1. The number of aromatic nitrogens is 4. The van der Waals surface area contributed by atoms with Crippen molar-refractivity contribution in [3.8, 4) is 0 Å². The quantitative estimate of drug-likeness (QED) is 0.870. The third-order valence-corrected chi connectivity index (χ3v) is 2.84. The summed E-state index contributed by atoms with van der Waals surface area (Å²) in [4.78, 5) is 12.0. The van der Waals surface area contributed by atoms with Gasteiger partial charge in [-0.3, -0.25) is 9.48 Å². The lowest BCUT2D eigenvalue weighted by atomic mass is 10.0. The van der Waals surface area contributed by atoms with Gasteiger partial charge >= 0.3 is 0 Å². The van der Waals surface area contributed by atoms with Crippen LogP contribution in [-0.2, 0) is 6.54 Å². The first-order valence-electron chi connectivity index (χ1n) is 6.14. The second-order valence-corrected chi connectivity index (χ2v) is 4.77. The van der Waals surface area contributed by atoms with E-state index in [1.807, 2.05) is 13.8 Å². The van der Waals surface area contributed by atoms with E-state index in [9.17, 15) is 4.79 Å². The highest BCUT2D eigenvalue weighted by atomic mass is 16.5.